The van der Waals surface area contributed by atoms with Gasteiger partial charge in [0.1, 0.15) is 6.07 Å². The smallest absolute Gasteiger partial charge is 0.103 e. The van der Waals surface area contributed by atoms with Crippen LogP contribution >= 0.6 is 15.9 Å². The molecule has 19 heavy (non-hydrogen) atoms. The van der Waals surface area contributed by atoms with E-state index in [-0.39, 0.29) is 6.04 Å². The third kappa shape index (κ3) is 3.34. The van der Waals surface area contributed by atoms with Gasteiger partial charge in [0.25, 0.3) is 0 Å². The Balaban J connectivity index is 2.08. The van der Waals surface area contributed by atoms with Gasteiger partial charge in [-0.3, -0.25) is 0 Å². The Morgan fingerprint density at radius 1 is 1.16 bits per heavy atom. The zero-order valence-corrected chi connectivity index (χ0v) is 11.9. The summed E-state index contributed by atoms with van der Waals surface area (Å²) in [5, 5.41) is 12.4. The molecule has 3 N–H and O–H groups in total. The van der Waals surface area contributed by atoms with Crippen molar-refractivity contribution in [1.29, 1.82) is 5.26 Å². The van der Waals surface area contributed by atoms with E-state index in [2.05, 4.69) is 27.3 Å². The number of nitrogens with two attached hydrogens (primary N) is 1. The number of benzene rings is 2. The van der Waals surface area contributed by atoms with Crippen molar-refractivity contribution in [3.63, 3.8) is 0 Å². The fourth-order valence-corrected chi connectivity index (χ4v) is 2.28. The first-order valence-corrected chi connectivity index (χ1v) is 6.74. The lowest BCUT2D eigenvalue weighted by atomic mass is 10.1. The zero-order chi connectivity index (χ0) is 13.7. The van der Waals surface area contributed by atoms with Crippen molar-refractivity contribution in [2.75, 3.05) is 11.9 Å². The van der Waals surface area contributed by atoms with E-state index in [1.807, 2.05) is 48.5 Å². The van der Waals surface area contributed by atoms with E-state index in [0.717, 1.165) is 15.7 Å². The second-order valence-electron chi connectivity index (χ2n) is 4.17. The Hall–Kier alpha value is -1.83. The van der Waals surface area contributed by atoms with Crippen molar-refractivity contribution in [3.8, 4) is 6.07 Å². The SMILES string of the molecule is N#Cc1c(Br)cccc1NCC(N)c1ccccc1. The summed E-state index contributed by atoms with van der Waals surface area (Å²) < 4.78 is 0.785. The average Bonchev–Trinajstić information content (AvgIpc) is 2.45. The highest BCUT2D eigenvalue weighted by molar-refractivity contribution is 9.10. The molecule has 0 saturated heterocycles. The van der Waals surface area contributed by atoms with Crippen molar-refractivity contribution >= 4 is 21.6 Å². The molecule has 1 unspecified atom stereocenters. The van der Waals surface area contributed by atoms with Crippen LogP contribution in [0.4, 0.5) is 5.69 Å². The number of rotatable bonds is 4. The molecule has 2 aromatic carbocycles. The zero-order valence-electron chi connectivity index (χ0n) is 10.3. The number of hydrogen-bond donors (Lipinski definition) is 2. The Morgan fingerprint density at radius 2 is 1.89 bits per heavy atom. The molecule has 2 rings (SSSR count). The Morgan fingerprint density at radius 3 is 2.58 bits per heavy atom. The molecule has 2 aromatic rings. The van der Waals surface area contributed by atoms with Gasteiger partial charge in [0.15, 0.2) is 0 Å². The predicted molar refractivity (Wildman–Crippen MR) is 80.7 cm³/mol. The van der Waals surface area contributed by atoms with Gasteiger partial charge in [-0.25, -0.2) is 0 Å². The summed E-state index contributed by atoms with van der Waals surface area (Å²) in [6.07, 6.45) is 0. The highest BCUT2D eigenvalue weighted by atomic mass is 79.9. The van der Waals surface area contributed by atoms with Crippen LogP contribution in [0.5, 0.6) is 0 Å². The van der Waals surface area contributed by atoms with Gasteiger partial charge < -0.3 is 11.1 Å². The van der Waals surface area contributed by atoms with Crippen LogP contribution in [0.2, 0.25) is 0 Å². The van der Waals surface area contributed by atoms with Gasteiger partial charge in [-0.2, -0.15) is 5.26 Å². The van der Waals surface area contributed by atoms with Crippen LogP contribution in [0.1, 0.15) is 17.2 Å². The summed E-state index contributed by atoms with van der Waals surface area (Å²) in [7, 11) is 0. The van der Waals surface area contributed by atoms with E-state index < -0.39 is 0 Å². The van der Waals surface area contributed by atoms with Crippen LogP contribution in [-0.4, -0.2) is 6.54 Å². The summed E-state index contributed by atoms with van der Waals surface area (Å²) >= 11 is 3.37. The quantitative estimate of drug-likeness (QED) is 0.908. The van der Waals surface area contributed by atoms with Gasteiger partial charge in [-0.1, -0.05) is 36.4 Å². The van der Waals surface area contributed by atoms with E-state index in [4.69, 9.17) is 11.0 Å². The van der Waals surface area contributed by atoms with Crippen LogP contribution in [-0.2, 0) is 0 Å². The lowest BCUT2D eigenvalue weighted by Gasteiger charge is -2.15. The summed E-state index contributed by atoms with van der Waals surface area (Å²) in [5.74, 6) is 0. The highest BCUT2D eigenvalue weighted by Crippen LogP contribution is 2.24. The van der Waals surface area contributed by atoms with Gasteiger partial charge >= 0.3 is 0 Å². The minimum absolute atomic E-state index is 0.105. The molecular weight excluding hydrogens is 302 g/mol. The van der Waals surface area contributed by atoms with Gasteiger partial charge in [-0.15, -0.1) is 0 Å². The Kier molecular flexibility index (Phi) is 4.56. The molecule has 1 atom stereocenters. The number of hydrogen-bond acceptors (Lipinski definition) is 3. The van der Waals surface area contributed by atoms with Crippen LogP contribution in [0.3, 0.4) is 0 Å². The first-order valence-electron chi connectivity index (χ1n) is 5.95. The molecule has 0 radical (unpaired) electrons. The minimum Gasteiger partial charge on any atom is -0.382 e. The molecule has 0 aliphatic carbocycles. The fourth-order valence-electron chi connectivity index (χ4n) is 1.82. The standard InChI is InChI=1S/C15H14BrN3/c16-13-7-4-8-15(12(13)9-17)19-10-14(18)11-5-2-1-3-6-11/h1-8,14,19H,10,18H2. The first-order chi connectivity index (χ1) is 9.22. The maximum absolute atomic E-state index is 9.13. The molecule has 0 amide bonds. The van der Waals surface area contributed by atoms with E-state index in [0.29, 0.717) is 12.1 Å². The minimum atomic E-state index is -0.105. The van der Waals surface area contributed by atoms with E-state index >= 15 is 0 Å². The van der Waals surface area contributed by atoms with E-state index in [9.17, 15) is 0 Å². The lowest BCUT2D eigenvalue weighted by Crippen LogP contribution is -2.20. The topological polar surface area (TPSA) is 61.8 Å². The molecule has 0 aliphatic rings. The number of nitrogens with one attached hydrogen (secondary N) is 1. The molecule has 4 heteroatoms. The number of anilines is 1. The maximum Gasteiger partial charge on any atom is 0.103 e. The van der Waals surface area contributed by atoms with Gasteiger partial charge in [0, 0.05) is 17.1 Å². The summed E-state index contributed by atoms with van der Waals surface area (Å²) in [6.45, 7) is 0.579. The molecule has 0 bridgehead atoms. The van der Waals surface area contributed by atoms with Gasteiger partial charge in [-0.05, 0) is 33.6 Å². The van der Waals surface area contributed by atoms with Crippen molar-refractivity contribution in [2.45, 2.75) is 6.04 Å². The summed E-state index contributed by atoms with van der Waals surface area (Å²) in [5.41, 5.74) is 8.58. The molecule has 0 saturated carbocycles. The van der Waals surface area contributed by atoms with E-state index in [1.165, 1.54) is 0 Å². The predicted octanol–water partition coefficient (Wildman–Crippen LogP) is 3.43. The van der Waals surface area contributed by atoms with Crippen molar-refractivity contribution in [3.05, 3.63) is 64.1 Å². The summed E-state index contributed by atoms with van der Waals surface area (Å²) in [4.78, 5) is 0. The molecule has 96 valence electrons. The lowest BCUT2D eigenvalue weighted by molar-refractivity contribution is 0.764. The number of halogens is 1. The molecule has 0 aliphatic heterocycles. The van der Waals surface area contributed by atoms with Gasteiger partial charge in [0.05, 0.1) is 11.3 Å². The second-order valence-corrected chi connectivity index (χ2v) is 5.03. The second kappa shape index (κ2) is 6.37. The molecule has 0 spiro atoms. The van der Waals surface area contributed by atoms with Crippen LogP contribution in [0.25, 0.3) is 0 Å². The monoisotopic (exact) mass is 315 g/mol. The number of nitriles is 1. The maximum atomic E-state index is 9.13. The third-order valence-electron chi connectivity index (χ3n) is 2.87. The largest absolute Gasteiger partial charge is 0.382 e. The normalized spacial score (nSPS) is 11.6. The molecular formula is C15H14BrN3. The molecule has 0 heterocycles. The Labute approximate surface area is 121 Å². The van der Waals surface area contributed by atoms with Crippen LogP contribution in [0.15, 0.2) is 53.0 Å². The van der Waals surface area contributed by atoms with Crippen molar-refractivity contribution in [1.82, 2.24) is 0 Å². The van der Waals surface area contributed by atoms with Crippen molar-refractivity contribution < 1.29 is 0 Å². The van der Waals surface area contributed by atoms with Crippen LogP contribution < -0.4 is 11.1 Å². The Bertz CT molecular complexity index is 590. The fraction of sp³-hybridized carbons (Fsp3) is 0.133. The molecule has 0 fully saturated rings. The van der Waals surface area contributed by atoms with Gasteiger partial charge in [0.2, 0.25) is 0 Å². The average molecular weight is 316 g/mol. The molecule has 3 nitrogen and oxygen atoms in total. The summed E-state index contributed by atoms with van der Waals surface area (Å²) in [6, 6.07) is 17.6. The van der Waals surface area contributed by atoms with E-state index in [1.54, 1.807) is 0 Å². The van der Waals surface area contributed by atoms with Crippen molar-refractivity contribution in [2.24, 2.45) is 5.73 Å². The number of nitrogens with zero attached hydrogens (tertiary/aromatic N) is 1. The third-order valence-corrected chi connectivity index (χ3v) is 3.53. The van der Waals surface area contributed by atoms with Crippen LogP contribution in [0, 0.1) is 11.3 Å². The highest BCUT2D eigenvalue weighted by Gasteiger charge is 2.08. The first kappa shape index (κ1) is 13.6. The molecule has 0 aromatic heterocycles.